The van der Waals surface area contributed by atoms with Crippen molar-refractivity contribution in [1.82, 2.24) is 9.88 Å². The number of hydrogen-bond donors (Lipinski definition) is 5. The normalized spacial score (nSPS) is 11.2. The van der Waals surface area contributed by atoms with Gasteiger partial charge in [-0.2, -0.15) is 0 Å². The summed E-state index contributed by atoms with van der Waals surface area (Å²) in [5.41, 5.74) is 8.84. The zero-order chi connectivity index (χ0) is 29.2. The maximum atomic E-state index is 12.7. The predicted octanol–water partition coefficient (Wildman–Crippen LogP) is 3.16. The molecule has 1 aromatic heterocycles. The van der Waals surface area contributed by atoms with Crippen molar-refractivity contribution in [3.8, 4) is 5.75 Å². The second kappa shape index (κ2) is 13.7. The van der Waals surface area contributed by atoms with Gasteiger partial charge in [0.2, 0.25) is 11.8 Å². The number of anilines is 3. The van der Waals surface area contributed by atoms with Gasteiger partial charge in [0, 0.05) is 12.7 Å². The predicted molar refractivity (Wildman–Crippen MR) is 150 cm³/mol. The van der Waals surface area contributed by atoms with Gasteiger partial charge in [-0.3, -0.25) is 19.4 Å². The van der Waals surface area contributed by atoms with Crippen molar-refractivity contribution >= 4 is 40.9 Å². The van der Waals surface area contributed by atoms with Crippen LogP contribution in [0.2, 0.25) is 0 Å². The lowest BCUT2D eigenvalue weighted by atomic mass is 10.1. The van der Waals surface area contributed by atoms with Crippen LogP contribution in [0, 0.1) is 6.92 Å². The molecule has 4 amide bonds. The number of carboxylic acids is 1. The highest BCUT2D eigenvalue weighted by Crippen LogP contribution is 2.27. The summed E-state index contributed by atoms with van der Waals surface area (Å²) < 4.78 is 5.41. The number of pyridine rings is 1. The molecule has 40 heavy (non-hydrogen) atoms. The van der Waals surface area contributed by atoms with Gasteiger partial charge in [-0.1, -0.05) is 24.3 Å². The van der Waals surface area contributed by atoms with Gasteiger partial charge in [0.05, 0.1) is 55.8 Å². The molecule has 0 fully saturated rings. The first-order chi connectivity index (χ1) is 19.1. The summed E-state index contributed by atoms with van der Waals surface area (Å²) in [4.78, 5) is 53.9. The van der Waals surface area contributed by atoms with E-state index in [1.165, 1.54) is 25.3 Å². The molecule has 3 rings (SSSR count). The molecule has 210 valence electrons. The number of methoxy groups -OCH3 is 1. The highest BCUT2D eigenvalue weighted by molar-refractivity contribution is 6.01. The highest BCUT2D eigenvalue weighted by atomic mass is 16.5. The van der Waals surface area contributed by atoms with Gasteiger partial charge in [-0.25, -0.2) is 4.79 Å². The number of benzene rings is 2. The van der Waals surface area contributed by atoms with Crippen molar-refractivity contribution in [2.75, 3.05) is 36.7 Å². The van der Waals surface area contributed by atoms with E-state index < -0.39 is 23.9 Å². The van der Waals surface area contributed by atoms with Crippen LogP contribution in [0.15, 0.2) is 60.8 Å². The number of nitrogens with zero attached hydrogens (tertiary/aromatic N) is 2. The van der Waals surface area contributed by atoms with Crippen LogP contribution in [0.3, 0.4) is 0 Å². The fourth-order valence-corrected chi connectivity index (χ4v) is 3.93. The number of ether oxygens (including phenoxy) is 1. The van der Waals surface area contributed by atoms with E-state index >= 15 is 0 Å². The number of aromatic nitrogens is 1. The third-order valence-corrected chi connectivity index (χ3v) is 6.09. The number of hydrogen-bond acceptors (Lipinski definition) is 7. The Hall–Kier alpha value is -4.97. The molecule has 1 atom stereocenters. The van der Waals surface area contributed by atoms with E-state index in [1.54, 1.807) is 36.4 Å². The lowest BCUT2D eigenvalue weighted by Gasteiger charge is -2.26. The standard InChI is InChI=1S/C28H32N6O6/c1-17-6-4-5-7-20(17)32-28(39)33-22-10-8-18(12-24(22)40-3)13-25(35)31-19-9-11-21(30-16-19)23(14-27(37)38)34(2)26(36)15-29/h4-12,16,23H,13-15,29H2,1-3H3,(H,31,35)(H,37,38)(H2,32,33,39). The molecule has 6 N–H and O–H groups in total. The third-order valence-electron chi connectivity index (χ3n) is 6.09. The van der Waals surface area contributed by atoms with Crippen LogP contribution < -0.4 is 26.4 Å². The van der Waals surface area contributed by atoms with E-state index in [0.29, 0.717) is 34.1 Å². The number of carboxylic acid groups (broad SMARTS) is 1. The molecule has 0 spiro atoms. The maximum absolute atomic E-state index is 12.7. The number of carbonyl (C=O) groups excluding carboxylic acids is 3. The number of aliphatic carboxylic acids is 1. The van der Waals surface area contributed by atoms with Gasteiger partial charge in [-0.15, -0.1) is 0 Å². The second-order valence-corrected chi connectivity index (χ2v) is 8.95. The van der Waals surface area contributed by atoms with Crippen molar-refractivity contribution in [2.24, 2.45) is 5.73 Å². The zero-order valence-electron chi connectivity index (χ0n) is 22.4. The van der Waals surface area contributed by atoms with Crippen molar-refractivity contribution in [3.63, 3.8) is 0 Å². The average Bonchev–Trinajstić information content (AvgIpc) is 2.93. The fourth-order valence-electron chi connectivity index (χ4n) is 3.93. The Labute approximate surface area is 231 Å². The number of rotatable bonds is 11. The van der Waals surface area contributed by atoms with E-state index in [4.69, 9.17) is 10.5 Å². The van der Waals surface area contributed by atoms with Crippen LogP contribution in [0.25, 0.3) is 0 Å². The molecule has 1 heterocycles. The van der Waals surface area contributed by atoms with Gasteiger partial charge in [0.1, 0.15) is 5.75 Å². The smallest absolute Gasteiger partial charge is 0.323 e. The lowest BCUT2D eigenvalue weighted by molar-refractivity contribution is -0.140. The number of para-hydroxylation sites is 1. The Morgan fingerprint density at radius 3 is 2.38 bits per heavy atom. The van der Waals surface area contributed by atoms with Crippen molar-refractivity contribution in [2.45, 2.75) is 25.8 Å². The van der Waals surface area contributed by atoms with Crippen LogP contribution in [0.5, 0.6) is 5.75 Å². The SMILES string of the molecule is COc1cc(CC(=O)Nc2ccc(C(CC(=O)O)N(C)C(=O)CN)nc2)ccc1NC(=O)Nc1ccccc1C. The van der Waals surface area contributed by atoms with Crippen LogP contribution in [0.1, 0.15) is 29.3 Å². The monoisotopic (exact) mass is 548 g/mol. The van der Waals surface area contributed by atoms with Crippen molar-refractivity contribution < 1.29 is 29.0 Å². The summed E-state index contributed by atoms with van der Waals surface area (Å²) in [6.07, 6.45) is 1.06. The van der Waals surface area contributed by atoms with E-state index in [1.807, 2.05) is 25.1 Å². The van der Waals surface area contributed by atoms with E-state index in [-0.39, 0.29) is 25.3 Å². The van der Waals surface area contributed by atoms with Crippen LogP contribution in [0.4, 0.5) is 21.9 Å². The van der Waals surface area contributed by atoms with Gasteiger partial charge in [0.25, 0.3) is 0 Å². The molecule has 0 saturated heterocycles. The second-order valence-electron chi connectivity index (χ2n) is 8.95. The number of nitrogens with one attached hydrogen (secondary N) is 3. The van der Waals surface area contributed by atoms with Gasteiger partial charge in [0.15, 0.2) is 0 Å². The molecule has 2 aromatic carbocycles. The Morgan fingerprint density at radius 2 is 1.75 bits per heavy atom. The van der Waals surface area contributed by atoms with Gasteiger partial charge < -0.3 is 36.4 Å². The number of amides is 4. The highest BCUT2D eigenvalue weighted by Gasteiger charge is 2.25. The van der Waals surface area contributed by atoms with Crippen LogP contribution in [-0.4, -0.2) is 59.5 Å². The molecule has 12 heteroatoms. The Balaban J connectivity index is 1.63. The quantitative estimate of drug-likeness (QED) is 0.243. The minimum absolute atomic E-state index is 0.0170. The van der Waals surface area contributed by atoms with E-state index in [2.05, 4.69) is 20.9 Å². The number of urea groups is 1. The molecule has 0 aliphatic heterocycles. The molecule has 0 aliphatic carbocycles. The van der Waals surface area contributed by atoms with E-state index in [0.717, 1.165) is 5.56 Å². The Bertz CT molecular complexity index is 1380. The Kier molecular flexibility index (Phi) is 10.1. The molecule has 3 aromatic rings. The van der Waals surface area contributed by atoms with Crippen molar-refractivity contribution in [1.29, 1.82) is 0 Å². The first kappa shape index (κ1) is 29.6. The molecule has 0 saturated carbocycles. The first-order valence-electron chi connectivity index (χ1n) is 12.3. The largest absolute Gasteiger partial charge is 0.495 e. The first-order valence-corrected chi connectivity index (χ1v) is 12.3. The minimum atomic E-state index is -1.09. The molecule has 0 bridgehead atoms. The number of likely N-dealkylation sites (N-methyl/N-ethyl adjacent to an activating group) is 1. The molecular formula is C28H32N6O6. The molecular weight excluding hydrogens is 516 g/mol. The summed E-state index contributed by atoms with van der Waals surface area (Å²) in [6, 6.07) is 14.3. The number of nitrogens with two attached hydrogens (primary N) is 1. The fraction of sp³-hybridized carbons (Fsp3) is 0.250. The van der Waals surface area contributed by atoms with E-state index in [9.17, 15) is 24.3 Å². The maximum Gasteiger partial charge on any atom is 0.323 e. The van der Waals surface area contributed by atoms with Crippen LogP contribution in [-0.2, 0) is 20.8 Å². The molecule has 1 unspecified atom stereocenters. The lowest BCUT2D eigenvalue weighted by Crippen LogP contribution is -2.37. The number of carbonyl (C=O) groups is 4. The van der Waals surface area contributed by atoms with Crippen LogP contribution >= 0.6 is 0 Å². The Morgan fingerprint density at radius 1 is 1.02 bits per heavy atom. The zero-order valence-corrected chi connectivity index (χ0v) is 22.4. The van der Waals surface area contributed by atoms with Gasteiger partial charge in [-0.05, 0) is 48.4 Å². The minimum Gasteiger partial charge on any atom is -0.495 e. The molecule has 12 nitrogen and oxygen atoms in total. The molecule has 0 aliphatic rings. The third kappa shape index (κ3) is 8.01. The topological polar surface area (TPSA) is 176 Å². The molecule has 0 radical (unpaired) electrons. The summed E-state index contributed by atoms with van der Waals surface area (Å²) in [7, 11) is 2.93. The average molecular weight is 549 g/mol. The summed E-state index contributed by atoms with van der Waals surface area (Å²) in [6.45, 7) is 1.63. The summed E-state index contributed by atoms with van der Waals surface area (Å²) in [5.74, 6) is -1.46. The summed E-state index contributed by atoms with van der Waals surface area (Å²) in [5, 5.41) is 17.5. The van der Waals surface area contributed by atoms with Crippen molar-refractivity contribution in [3.05, 3.63) is 77.6 Å². The summed E-state index contributed by atoms with van der Waals surface area (Å²) >= 11 is 0. The van der Waals surface area contributed by atoms with Gasteiger partial charge >= 0.3 is 12.0 Å². The number of aryl methyl sites for hydroxylation is 1.